The minimum Gasteiger partial charge on any atom is -0.444 e. The molecule has 5 heterocycles. The quantitative estimate of drug-likeness (QED) is 0.108. The van der Waals surface area contributed by atoms with Gasteiger partial charge in [0.1, 0.15) is 30.1 Å². The molecule has 3 aromatic heterocycles. The number of amides is 1. The lowest BCUT2D eigenvalue weighted by atomic mass is 10.1. The van der Waals surface area contributed by atoms with Gasteiger partial charge in [-0.2, -0.15) is 13.2 Å². The van der Waals surface area contributed by atoms with E-state index in [9.17, 15) is 18.0 Å². The van der Waals surface area contributed by atoms with Crippen LogP contribution >= 0.6 is 0 Å². The van der Waals surface area contributed by atoms with Crippen LogP contribution in [0.2, 0.25) is 25.7 Å². The van der Waals surface area contributed by atoms with Crippen LogP contribution in [0.1, 0.15) is 38.1 Å². The highest BCUT2D eigenvalue weighted by atomic mass is 28.3. The van der Waals surface area contributed by atoms with Gasteiger partial charge in [0.2, 0.25) is 0 Å². The number of carbonyl (C=O) groups is 1. The zero-order chi connectivity index (χ0) is 40.1. The molecule has 2 aliphatic rings. The van der Waals surface area contributed by atoms with Gasteiger partial charge in [-0.15, -0.1) is 0 Å². The van der Waals surface area contributed by atoms with Gasteiger partial charge < -0.3 is 33.9 Å². The number of carbonyl (C=O) groups excluding carboxylic acids is 1. The van der Waals surface area contributed by atoms with E-state index in [1.165, 1.54) is 12.3 Å². The van der Waals surface area contributed by atoms with E-state index in [-0.39, 0.29) is 18.5 Å². The Balaban J connectivity index is 1.16. The molecule has 56 heavy (non-hydrogen) atoms. The van der Waals surface area contributed by atoms with Gasteiger partial charge >= 0.3 is 12.3 Å². The van der Waals surface area contributed by atoms with Gasteiger partial charge in [-0.25, -0.2) is 14.8 Å². The highest BCUT2D eigenvalue weighted by Crippen LogP contribution is 2.37. The van der Waals surface area contributed by atoms with E-state index in [1.807, 2.05) is 43.5 Å². The number of benzene rings is 1. The molecule has 0 radical (unpaired) electrons. The number of morpholine rings is 1. The molecular formula is C40H55F3N8O4Si. The summed E-state index contributed by atoms with van der Waals surface area (Å²) in [5.41, 5.74) is 2.80. The molecule has 2 saturated heterocycles. The van der Waals surface area contributed by atoms with Crippen molar-refractivity contribution < 1.29 is 32.2 Å². The number of fused-ring (bicyclic) bond motifs is 1. The van der Waals surface area contributed by atoms with Crippen molar-refractivity contribution in [2.24, 2.45) is 0 Å². The number of piperazine rings is 1. The Morgan fingerprint density at radius 2 is 1.66 bits per heavy atom. The maximum absolute atomic E-state index is 14.6. The molecule has 0 saturated carbocycles. The molecule has 1 amide bonds. The Morgan fingerprint density at radius 3 is 2.32 bits per heavy atom. The molecule has 1 atom stereocenters. The van der Waals surface area contributed by atoms with Crippen molar-refractivity contribution in [1.29, 1.82) is 0 Å². The SMILES string of the molecule is CC(C)(C)OC(=O)N1CCN(CCc2ccnc(C(Nc3ccc(-c4cc5c(N6CCOCC6)ncnc5n4COCC[Si](C)(C)C)cc3)C(F)(F)F)c2)CC1. The van der Waals surface area contributed by atoms with Crippen LogP contribution in [0.3, 0.4) is 0 Å². The molecule has 304 valence electrons. The van der Waals surface area contributed by atoms with Crippen LogP contribution in [0.25, 0.3) is 22.3 Å². The standard InChI is InChI=1S/C40H55F3N8O4Si/c1-39(2,3)55-38(52)50-17-15-48(16-18-50)14-12-29-11-13-44-33(25-29)35(40(41,42)43)47-31-9-7-30(8-10-31)34-26-32-36(49-19-21-53-22-20-49)45-27-46-37(32)51(34)28-54-23-24-56(4,5)6/h7-11,13,25-27,35,47H,12,14-24,28H2,1-6H3. The Bertz CT molecular complexity index is 1920. The summed E-state index contributed by atoms with van der Waals surface area (Å²) < 4.78 is 63.2. The number of hydrogen-bond acceptors (Lipinski definition) is 10. The molecule has 0 spiro atoms. The average Bonchev–Trinajstić information content (AvgIpc) is 3.52. The normalized spacial score (nSPS) is 16.7. The van der Waals surface area contributed by atoms with Gasteiger partial charge in [0.15, 0.2) is 6.04 Å². The first-order valence-electron chi connectivity index (χ1n) is 19.4. The molecule has 2 fully saturated rings. The second-order valence-corrected chi connectivity index (χ2v) is 22.3. The van der Waals surface area contributed by atoms with Crippen LogP contribution in [0.15, 0.2) is 55.0 Å². The van der Waals surface area contributed by atoms with Crippen molar-refractivity contribution in [2.45, 2.75) is 77.4 Å². The predicted molar refractivity (Wildman–Crippen MR) is 215 cm³/mol. The maximum Gasteiger partial charge on any atom is 0.414 e. The molecule has 12 nitrogen and oxygen atoms in total. The van der Waals surface area contributed by atoms with Crippen molar-refractivity contribution in [1.82, 2.24) is 29.3 Å². The van der Waals surface area contributed by atoms with Gasteiger partial charge in [-0.05, 0) is 74.7 Å². The number of pyridine rings is 1. The molecule has 1 unspecified atom stereocenters. The minimum absolute atomic E-state index is 0.0985. The van der Waals surface area contributed by atoms with Crippen molar-refractivity contribution >= 4 is 36.7 Å². The Morgan fingerprint density at radius 1 is 0.946 bits per heavy atom. The largest absolute Gasteiger partial charge is 0.444 e. The minimum atomic E-state index is -4.60. The molecular weight excluding hydrogens is 742 g/mol. The third kappa shape index (κ3) is 11.0. The zero-order valence-corrected chi connectivity index (χ0v) is 34.4. The summed E-state index contributed by atoms with van der Waals surface area (Å²) in [7, 11) is -1.31. The summed E-state index contributed by atoms with van der Waals surface area (Å²) in [5, 5.41) is 3.59. The number of alkyl halides is 3. The molecule has 0 aliphatic carbocycles. The summed E-state index contributed by atoms with van der Waals surface area (Å²) in [5.74, 6) is 0.821. The fourth-order valence-electron chi connectivity index (χ4n) is 6.78. The lowest BCUT2D eigenvalue weighted by molar-refractivity contribution is -0.144. The van der Waals surface area contributed by atoms with E-state index in [0.29, 0.717) is 77.7 Å². The Kier molecular flexibility index (Phi) is 12.9. The first-order chi connectivity index (χ1) is 26.5. The molecule has 1 N–H and O–H groups in total. The molecule has 16 heteroatoms. The fraction of sp³-hybridized carbons (Fsp3) is 0.550. The monoisotopic (exact) mass is 796 g/mol. The van der Waals surface area contributed by atoms with E-state index < -0.39 is 25.9 Å². The summed E-state index contributed by atoms with van der Waals surface area (Å²) in [6, 6.07) is 11.3. The number of nitrogens with one attached hydrogen (secondary N) is 1. The molecule has 6 rings (SSSR count). The first kappa shape index (κ1) is 41.4. The van der Waals surface area contributed by atoms with E-state index in [1.54, 1.807) is 29.4 Å². The lowest BCUT2D eigenvalue weighted by Crippen LogP contribution is -2.50. The summed E-state index contributed by atoms with van der Waals surface area (Å²) in [6.45, 7) is 19.0. The van der Waals surface area contributed by atoms with Gasteiger partial charge in [-0.1, -0.05) is 31.8 Å². The van der Waals surface area contributed by atoms with E-state index >= 15 is 0 Å². The summed E-state index contributed by atoms with van der Waals surface area (Å²) >= 11 is 0. The lowest BCUT2D eigenvalue weighted by Gasteiger charge is -2.35. The summed E-state index contributed by atoms with van der Waals surface area (Å²) in [4.78, 5) is 32.0. The van der Waals surface area contributed by atoms with E-state index in [2.05, 4.69) is 49.7 Å². The summed E-state index contributed by atoms with van der Waals surface area (Å²) in [6.07, 6.45) is -1.37. The van der Waals surface area contributed by atoms with Crippen molar-refractivity contribution in [3.63, 3.8) is 0 Å². The highest BCUT2D eigenvalue weighted by Gasteiger charge is 2.42. The van der Waals surface area contributed by atoms with E-state index in [4.69, 9.17) is 14.2 Å². The van der Waals surface area contributed by atoms with Crippen molar-refractivity contribution in [3.05, 3.63) is 66.2 Å². The van der Waals surface area contributed by atoms with Gasteiger partial charge in [0.05, 0.1) is 30.0 Å². The second kappa shape index (κ2) is 17.5. The number of anilines is 2. The van der Waals surface area contributed by atoms with Crippen LogP contribution in [-0.4, -0.2) is 121 Å². The van der Waals surface area contributed by atoms with E-state index in [0.717, 1.165) is 39.7 Å². The third-order valence-electron chi connectivity index (χ3n) is 9.90. The molecule has 1 aromatic carbocycles. The molecule has 0 bridgehead atoms. The van der Waals surface area contributed by atoms with Gasteiger partial charge in [0, 0.05) is 72.4 Å². The fourth-order valence-corrected chi connectivity index (χ4v) is 7.54. The Labute approximate surface area is 328 Å². The number of ether oxygens (including phenoxy) is 3. The zero-order valence-electron chi connectivity index (χ0n) is 33.4. The van der Waals surface area contributed by atoms with Crippen molar-refractivity contribution in [3.8, 4) is 11.3 Å². The van der Waals surface area contributed by atoms with Crippen LogP contribution in [-0.2, 0) is 27.4 Å². The second-order valence-electron chi connectivity index (χ2n) is 16.7. The van der Waals surface area contributed by atoms with Crippen LogP contribution in [0.4, 0.5) is 29.5 Å². The number of halogens is 3. The first-order valence-corrected chi connectivity index (χ1v) is 23.1. The topological polar surface area (TPSA) is 110 Å². The van der Waals surface area contributed by atoms with Crippen molar-refractivity contribution in [2.75, 3.05) is 75.9 Å². The van der Waals surface area contributed by atoms with Gasteiger partial charge in [0.25, 0.3) is 0 Å². The predicted octanol–water partition coefficient (Wildman–Crippen LogP) is 7.45. The number of hydrogen-bond donors (Lipinski definition) is 1. The number of nitrogens with zero attached hydrogens (tertiary/aromatic N) is 7. The maximum atomic E-state index is 14.6. The van der Waals surface area contributed by atoms with Crippen LogP contribution < -0.4 is 10.2 Å². The molecule has 4 aromatic rings. The highest BCUT2D eigenvalue weighted by molar-refractivity contribution is 6.76. The number of aromatic nitrogens is 4. The van der Waals surface area contributed by atoms with Crippen LogP contribution in [0, 0.1) is 0 Å². The van der Waals surface area contributed by atoms with Gasteiger partial charge in [-0.3, -0.25) is 9.88 Å². The third-order valence-corrected chi connectivity index (χ3v) is 11.6. The Hall–Kier alpha value is -4.25. The van der Waals surface area contributed by atoms with Crippen LogP contribution in [0.5, 0.6) is 0 Å². The molecule has 2 aliphatic heterocycles. The smallest absolute Gasteiger partial charge is 0.414 e. The number of rotatable bonds is 13. The average molecular weight is 797 g/mol.